The molecular weight excluding hydrogens is 475 g/mol. The highest BCUT2D eigenvalue weighted by Gasteiger charge is 2.34. The second kappa shape index (κ2) is 10.4. The Balaban J connectivity index is 1.24. The molecule has 0 bridgehead atoms. The summed E-state index contributed by atoms with van der Waals surface area (Å²) in [6.45, 7) is 6.43. The van der Waals surface area contributed by atoms with E-state index in [0.717, 1.165) is 35.3 Å². The highest BCUT2D eigenvalue weighted by Crippen LogP contribution is 2.37. The Hall–Kier alpha value is -3.23. The lowest BCUT2D eigenvalue weighted by molar-refractivity contribution is -0.135. The van der Waals surface area contributed by atoms with Gasteiger partial charge in [0.2, 0.25) is 5.91 Å². The summed E-state index contributed by atoms with van der Waals surface area (Å²) in [6.07, 6.45) is 0.884. The summed E-state index contributed by atoms with van der Waals surface area (Å²) in [6, 6.07) is 16.1. The number of nitrogens with zero attached hydrogens (tertiary/aromatic N) is 3. The highest BCUT2D eigenvalue weighted by atomic mass is 32.1. The second-order valence-corrected chi connectivity index (χ2v) is 10.7. The predicted molar refractivity (Wildman–Crippen MR) is 141 cm³/mol. The van der Waals surface area contributed by atoms with Gasteiger partial charge < -0.3 is 15.1 Å². The fourth-order valence-electron chi connectivity index (χ4n) is 5.28. The number of carbonyl (C=O) groups is 2. The zero-order valence-electron chi connectivity index (χ0n) is 20.6. The van der Waals surface area contributed by atoms with E-state index in [9.17, 15) is 14.0 Å². The zero-order chi connectivity index (χ0) is 25.2. The summed E-state index contributed by atoms with van der Waals surface area (Å²) in [5, 5.41) is 5.05. The molecule has 1 aromatic heterocycles. The molecule has 188 valence electrons. The molecule has 6 nitrogen and oxygen atoms in total. The quantitative estimate of drug-likeness (QED) is 0.547. The van der Waals surface area contributed by atoms with Gasteiger partial charge >= 0.3 is 6.03 Å². The van der Waals surface area contributed by atoms with Crippen LogP contribution < -0.4 is 5.32 Å². The van der Waals surface area contributed by atoms with Crippen molar-refractivity contribution in [3.8, 4) is 0 Å². The molecule has 1 N–H and O–H groups in total. The Morgan fingerprint density at radius 3 is 2.69 bits per heavy atom. The van der Waals surface area contributed by atoms with Gasteiger partial charge in [-0.2, -0.15) is 0 Å². The van der Waals surface area contributed by atoms with E-state index in [2.05, 4.69) is 21.7 Å². The Morgan fingerprint density at radius 2 is 1.92 bits per heavy atom. The van der Waals surface area contributed by atoms with Crippen molar-refractivity contribution in [3.63, 3.8) is 0 Å². The number of benzene rings is 2. The van der Waals surface area contributed by atoms with Gasteiger partial charge in [0.05, 0.1) is 12.6 Å². The molecule has 5 rings (SSSR count). The Bertz CT molecular complexity index is 1260. The van der Waals surface area contributed by atoms with Crippen molar-refractivity contribution in [3.05, 3.63) is 87.4 Å². The first kappa shape index (κ1) is 24.5. The first-order valence-corrected chi connectivity index (χ1v) is 13.2. The largest absolute Gasteiger partial charge is 0.338 e. The van der Waals surface area contributed by atoms with Gasteiger partial charge in [-0.05, 0) is 72.7 Å². The van der Waals surface area contributed by atoms with Crippen LogP contribution in [0.5, 0.6) is 0 Å². The van der Waals surface area contributed by atoms with Crippen LogP contribution in [0.25, 0.3) is 0 Å². The maximum absolute atomic E-state index is 14.1. The Kier molecular flexibility index (Phi) is 7.07. The summed E-state index contributed by atoms with van der Waals surface area (Å²) < 4.78 is 14.1. The van der Waals surface area contributed by atoms with Crippen LogP contribution in [0.2, 0.25) is 0 Å². The van der Waals surface area contributed by atoms with Crippen molar-refractivity contribution in [1.29, 1.82) is 0 Å². The van der Waals surface area contributed by atoms with Gasteiger partial charge in [0.25, 0.3) is 0 Å². The number of urea groups is 1. The van der Waals surface area contributed by atoms with Crippen LogP contribution in [-0.4, -0.2) is 65.4 Å². The first-order chi connectivity index (χ1) is 17.4. The van der Waals surface area contributed by atoms with Crippen molar-refractivity contribution >= 4 is 29.0 Å². The molecule has 3 amide bonds. The van der Waals surface area contributed by atoms with Gasteiger partial charge in [-0.3, -0.25) is 9.69 Å². The fraction of sp³-hybridized carbons (Fsp3) is 0.357. The lowest BCUT2D eigenvalue weighted by atomic mass is 9.93. The van der Waals surface area contributed by atoms with Crippen LogP contribution >= 0.6 is 11.3 Å². The number of halogens is 1. The molecule has 8 heteroatoms. The van der Waals surface area contributed by atoms with E-state index in [1.165, 1.54) is 10.9 Å². The number of amides is 3. The minimum Gasteiger partial charge on any atom is -0.338 e. The van der Waals surface area contributed by atoms with Crippen LogP contribution in [0.4, 0.5) is 14.9 Å². The molecule has 1 fully saturated rings. The third-order valence-electron chi connectivity index (χ3n) is 7.08. The number of thiophene rings is 1. The van der Waals surface area contributed by atoms with Crippen molar-refractivity contribution in [2.75, 3.05) is 38.0 Å². The SMILES string of the molecule is Cc1cccc(NC(=O)N2CCN(C(=O)CN3CCc4sccc4[C@H]3c3cccc(F)c3)C[C@@H]2C)c1. The molecule has 2 atom stereocenters. The molecule has 2 aliphatic heterocycles. The van der Waals surface area contributed by atoms with Crippen LogP contribution in [0.3, 0.4) is 0 Å². The average molecular weight is 507 g/mol. The molecule has 0 radical (unpaired) electrons. The molecule has 36 heavy (non-hydrogen) atoms. The van der Waals surface area contributed by atoms with Gasteiger partial charge in [-0.1, -0.05) is 24.3 Å². The van der Waals surface area contributed by atoms with E-state index < -0.39 is 0 Å². The molecular formula is C28H31FN4O2S. The number of aryl methyl sites for hydroxylation is 1. The number of anilines is 1. The topological polar surface area (TPSA) is 55.9 Å². The van der Waals surface area contributed by atoms with Crippen LogP contribution in [0, 0.1) is 12.7 Å². The van der Waals surface area contributed by atoms with Crippen LogP contribution in [0.1, 0.15) is 34.5 Å². The maximum Gasteiger partial charge on any atom is 0.322 e. The normalized spacial score (nSPS) is 20.2. The average Bonchev–Trinajstić information content (AvgIpc) is 3.32. The van der Waals surface area contributed by atoms with E-state index in [1.807, 2.05) is 49.1 Å². The van der Waals surface area contributed by atoms with E-state index in [4.69, 9.17) is 0 Å². The number of carbonyl (C=O) groups excluding carboxylic acids is 2. The lowest BCUT2D eigenvalue weighted by Crippen LogP contribution is -2.58. The first-order valence-electron chi connectivity index (χ1n) is 12.4. The van der Waals surface area contributed by atoms with Crippen molar-refractivity contribution in [2.45, 2.75) is 32.4 Å². The molecule has 0 saturated carbocycles. The lowest BCUT2D eigenvalue weighted by Gasteiger charge is -2.41. The molecule has 0 unspecified atom stereocenters. The van der Waals surface area contributed by atoms with Crippen LogP contribution in [-0.2, 0) is 11.2 Å². The van der Waals surface area contributed by atoms with Gasteiger partial charge in [0, 0.05) is 42.8 Å². The van der Waals surface area contributed by atoms with Crippen molar-refractivity contribution < 1.29 is 14.0 Å². The fourth-order valence-corrected chi connectivity index (χ4v) is 6.19. The van der Waals surface area contributed by atoms with Gasteiger partial charge in [-0.15, -0.1) is 11.3 Å². The third kappa shape index (κ3) is 5.15. The summed E-state index contributed by atoms with van der Waals surface area (Å²) in [5.41, 5.74) is 3.89. The van der Waals surface area contributed by atoms with E-state index in [1.54, 1.807) is 28.4 Å². The summed E-state index contributed by atoms with van der Waals surface area (Å²) >= 11 is 1.72. The highest BCUT2D eigenvalue weighted by molar-refractivity contribution is 7.10. The van der Waals surface area contributed by atoms with E-state index in [0.29, 0.717) is 19.6 Å². The third-order valence-corrected chi connectivity index (χ3v) is 8.08. The number of nitrogens with one attached hydrogen (secondary N) is 1. The molecule has 2 aromatic carbocycles. The zero-order valence-corrected chi connectivity index (χ0v) is 21.4. The molecule has 2 aliphatic rings. The Morgan fingerprint density at radius 1 is 1.08 bits per heavy atom. The molecule has 3 heterocycles. The van der Waals surface area contributed by atoms with E-state index in [-0.39, 0.29) is 36.4 Å². The summed E-state index contributed by atoms with van der Waals surface area (Å²) in [5.74, 6) is -0.226. The Labute approximate surface area is 215 Å². The van der Waals surface area contributed by atoms with Crippen molar-refractivity contribution in [1.82, 2.24) is 14.7 Å². The number of rotatable bonds is 4. The molecule has 3 aromatic rings. The monoisotopic (exact) mass is 506 g/mol. The number of piperazine rings is 1. The maximum atomic E-state index is 14.1. The van der Waals surface area contributed by atoms with Gasteiger partial charge in [0.1, 0.15) is 5.82 Å². The number of hydrogen-bond acceptors (Lipinski definition) is 4. The molecule has 1 saturated heterocycles. The van der Waals surface area contributed by atoms with Gasteiger partial charge in [0.15, 0.2) is 0 Å². The number of fused-ring (bicyclic) bond motifs is 1. The van der Waals surface area contributed by atoms with Crippen molar-refractivity contribution in [2.24, 2.45) is 0 Å². The predicted octanol–water partition coefficient (Wildman–Crippen LogP) is 4.91. The minimum absolute atomic E-state index is 0.0423. The standard InChI is InChI=1S/C28H31FN4O2S/c1-19-5-3-8-23(15-19)30-28(35)33-13-12-31(17-20(33)2)26(34)18-32-11-9-25-24(10-14-36-25)27(32)21-6-4-7-22(29)16-21/h3-8,10,14-16,20,27H,9,11-13,17-18H2,1-2H3,(H,30,35)/t20-,27+/m0/s1. The number of hydrogen-bond donors (Lipinski definition) is 1. The second-order valence-electron chi connectivity index (χ2n) is 9.66. The summed E-state index contributed by atoms with van der Waals surface area (Å²) in [7, 11) is 0. The van der Waals surface area contributed by atoms with Crippen LogP contribution in [0.15, 0.2) is 60.0 Å². The minimum atomic E-state index is -0.269. The van der Waals surface area contributed by atoms with Gasteiger partial charge in [-0.25, -0.2) is 9.18 Å². The summed E-state index contributed by atoms with van der Waals surface area (Å²) in [4.78, 5) is 33.4. The molecule has 0 spiro atoms. The molecule has 0 aliphatic carbocycles. The van der Waals surface area contributed by atoms with E-state index >= 15 is 0 Å². The smallest absolute Gasteiger partial charge is 0.322 e.